The van der Waals surface area contributed by atoms with E-state index < -0.39 is 5.82 Å². The van der Waals surface area contributed by atoms with Gasteiger partial charge in [-0.25, -0.2) is 15.2 Å². The van der Waals surface area contributed by atoms with Crippen molar-refractivity contribution in [2.24, 2.45) is 17.7 Å². The first-order chi connectivity index (χ1) is 8.58. The van der Waals surface area contributed by atoms with Gasteiger partial charge in [0.15, 0.2) is 11.6 Å². The molecule has 1 aliphatic rings. The Labute approximate surface area is 106 Å². The highest BCUT2D eigenvalue weighted by Gasteiger charge is 2.24. The van der Waals surface area contributed by atoms with Gasteiger partial charge in [0, 0.05) is 6.04 Å². The lowest BCUT2D eigenvalue weighted by atomic mass is 9.80. The number of anilines is 2. The third-order valence-corrected chi connectivity index (χ3v) is 3.39. The molecular weight excluding hydrogens is 233 g/mol. The summed E-state index contributed by atoms with van der Waals surface area (Å²) in [6.07, 6.45) is 4.44. The zero-order valence-corrected chi connectivity index (χ0v) is 10.8. The minimum Gasteiger partial charge on any atom is -0.365 e. The van der Waals surface area contributed by atoms with Crippen molar-refractivity contribution in [1.29, 1.82) is 0 Å². The Bertz CT molecular complexity index is 401. The van der Waals surface area contributed by atoms with Crippen molar-refractivity contribution in [3.8, 4) is 0 Å². The summed E-state index contributed by atoms with van der Waals surface area (Å²) in [6, 6.07) is 0.263. The molecule has 2 unspecified atom stereocenters. The summed E-state index contributed by atoms with van der Waals surface area (Å²) in [5.41, 5.74) is 2.32. The van der Waals surface area contributed by atoms with Crippen molar-refractivity contribution >= 4 is 11.8 Å². The van der Waals surface area contributed by atoms with Gasteiger partial charge >= 0.3 is 0 Å². The van der Waals surface area contributed by atoms with Crippen LogP contribution in [0.25, 0.3) is 0 Å². The molecule has 1 aliphatic carbocycles. The van der Waals surface area contributed by atoms with E-state index in [9.17, 15) is 4.39 Å². The number of nitrogen functional groups attached to an aromatic ring is 1. The highest BCUT2D eigenvalue weighted by molar-refractivity contribution is 5.41. The monoisotopic (exact) mass is 253 g/mol. The highest BCUT2D eigenvalue weighted by Crippen LogP contribution is 2.30. The third kappa shape index (κ3) is 3.07. The highest BCUT2D eigenvalue weighted by atomic mass is 19.1. The second-order valence-electron chi connectivity index (χ2n) is 5.29. The molecule has 0 aromatic carbocycles. The maximum Gasteiger partial charge on any atom is 0.239 e. The normalized spacial score (nSPS) is 27.9. The molecule has 0 radical (unpaired) electrons. The second kappa shape index (κ2) is 5.48. The number of hydrogen-bond donors (Lipinski definition) is 3. The molecule has 18 heavy (non-hydrogen) atoms. The topological polar surface area (TPSA) is 75.9 Å². The maximum absolute atomic E-state index is 13.6. The standard InChI is InChI=1S/C12H20FN5/c1-7-3-8(2)5-9(4-7)16-11-10(13)6-15-12(17-11)18-14/h6-9H,3-5,14H2,1-2H3,(H2,15,16,17,18). The molecule has 1 fully saturated rings. The maximum atomic E-state index is 13.6. The molecule has 4 N–H and O–H groups in total. The fourth-order valence-corrected chi connectivity index (χ4v) is 2.80. The number of nitrogens with two attached hydrogens (primary N) is 1. The van der Waals surface area contributed by atoms with E-state index >= 15 is 0 Å². The lowest BCUT2D eigenvalue weighted by molar-refractivity contribution is 0.280. The third-order valence-electron chi connectivity index (χ3n) is 3.39. The molecule has 1 saturated carbocycles. The van der Waals surface area contributed by atoms with Crippen LogP contribution in [0.1, 0.15) is 33.1 Å². The summed E-state index contributed by atoms with van der Waals surface area (Å²) in [7, 11) is 0. The average Bonchev–Trinajstić information content (AvgIpc) is 2.30. The molecule has 0 aliphatic heterocycles. The van der Waals surface area contributed by atoms with E-state index in [0.717, 1.165) is 19.0 Å². The summed E-state index contributed by atoms with van der Waals surface area (Å²) in [5.74, 6) is 6.53. The lowest BCUT2D eigenvalue weighted by Crippen LogP contribution is -2.31. The molecular formula is C12H20FN5. The van der Waals surface area contributed by atoms with E-state index in [-0.39, 0.29) is 17.8 Å². The van der Waals surface area contributed by atoms with Crippen LogP contribution in [0.2, 0.25) is 0 Å². The fraction of sp³-hybridized carbons (Fsp3) is 0.667. The summed E-state index contributed by atoms with van der Waals surface area (Å²) < 4.78 is 13.6. The number of rotatable bonds is 3. The van der Waals surface area contributed by atoms with Gasteiger partial charge in [0.25, 0.3) is 0 Å². The number of nitrogens with one attached hydrogen (secondary N) is 2. The van der Waals surface area contributed by atoms with Gasteiger partial charge < -0.3 is 5.32 Å². The summed E-state index contributed by atoms with van der Waals surface area (Å²) >= 11 is 0. The summed E-state index contributed by atoms with van der Waals surface area (Å²) in [5, 5.41) is 3.16. The Morgan fingerprint density at radius 1 is 1.28 bits per heavy atom. The van der Waals surface area contributed by atoms with Crippen molar-refractivity contribution in [2.45, 2.75) is 39.2 Å². The predicted octanol–water partition coefficient (Wildman–Crippen LogP) is 2.14. The van der Waals surface area contributed by atoms with E-state index in [1.54, 1.807) is 0 Å². The van der Waals surface area contributed by atoms with Crippen molar-refractivity contribution in [3.63, 3.8) is 0 Å². The Morgan fingerprint density at radius 3 is 2.56 bits per heavy atom. The number of nitrogens with zero attached hydrogens (tertiary/aromatic N) is 2. The van der Waals surface area contributed by atoms with Crippen molar-refractivity contribution in [2.75, 3.05) is 10.7 Å². The molecule has 5 nitrogen and oxygen atoms in total. The van der Waals surface area contributed by atoms with Crippen molar-refractivity contribution < 1.29 is 4.39 Å². The van der Waals surface area contributed by atoms with Crippen LogP contribution < -0.4 is 16.6 Å². The predicted molar refractivity (Wildman–Crippen MR) is 69.4 cm³/mol. The molecule has 1 aromatic rings. The lowest BCUT2D eigenvalue weighted by Gasteiger charge is -2.32. The van der Waals surface area contributed by atoms with Crippen LogP contribution in [0.3, 0.4) is 0 Å². The molecule has 0 spiro atoms. The number of hydrogen-bond acceptors (Lipinski definition) is 5. The van der Waals surface area contributed by atoms with Crippen LogP contribution >= 0.6 is 0 Å². The van der Waals surface area contributed by atoms with Gasteiger partial charge in [0.1, 0.15) is 0 Å². The molecule has 0 saturated heterocycles. The Balaban J connectivity index is 2.08. The molecule has 1 heterocycles. The quantitative estimate of drug-likeness (QED) is 0.568. The Hall–Kier alpha value is -1.43. The van der Waals surface area contributed by atoms with Crippen LogP contribution in [-0.4, -0.2) is 16.0 Å². The van der Waals surface area contributed by atoms with Crippen LogP contribution in [-0.2, 0) is 0 Å². The largest absolute Gasteiger partial charge is 0.365 e. The zero-order valence-electron chi connectivity index (χ0n) is 10.8. The Morgan fingerprint density at radius 2 is 1.94 bits per heavy atom. The van der Waals surface area contributed by atoms with Gasteiger partial charge in [0.2, 0.25) is 5.95 Å². The summed E-state index contributed by atoms with van der Waals surface area (Å²) in [4.78, 5) is 7.72. The van der Waals surface area contributed by atoms with Crippen molar-refractivity contribution in [3.05, 3.63) is 12.0 Å². The SMILES string of the molecule is CC1CC(C)CC(Nc2nc(NN)ncc2F)C1. The first-order valence-electron chi connectivity index (χ1n) is 6.34. The molecule has 6 heteroatoms. The van der Waals surface area contributed by atoms with E-state index in [2.05, 4.69) is 34.6 Å². The van der Waals surface area contributed by atoms with E-state index in [4.69, 9.17) is 5.84 Å². The smallest absolute Gasteiger partial charge is 0.239 e. The first kappa shape index (κ1) is 13.0. The first-order valence-corrected chi connectivity index (χ1v) is 6.34. The van der Waals surface area contributed by atoms with Gasteiger partial charge in [-0.2, -0.15) is 4.98 Å². The molecule has 1 aromatic heterocycles. The van der Waals surface area contributed by atoms with Crippen LogP contribution in [0, 0.1) is 17.7 Å². The molecule has 2 rings (SSSR count). The van der Waals surface area contributed by atoms with E-state index in [1.165, 1.54) is 6.42 Å². The Kier molecular flexibility index (Phi) is 3.96. The second-order valence-corrected chi connectivity index (χ2v) is 5.29. The van der Waals surface area contributed by atoms with Gasteiger partial charge in [-0.3, -0.25) is 5.43 Å². The van der Waals surface area contributed by atoms with Gasteiger partial charge in [-0.1, -0.05) is 13.8 Å². The zero-order chi connectivity index (χ0) is 13.1. The van der Waals surface area contributed by atoms with E-state index in [1.807, 2.05) is 0 Å². The molecule has 0 amide bonds. The van der Waals surface area contributed by atoms with Gasteiger partial charge in [-0.05, 0) is 31.1 Å². The molecule has 100 valence electrons. The number of aromatic nitrogens is 2. The average molecular weight is 253 g/mol. The van der Waals surface area contributed by atoms with Crippen molar-refractivity contribution in [1.82, 2.24) is 9.97 Å². The van der Waals surface area contributed by atoms with Gasteiger partial charge in [-0.15, -0.1) is 0 Å². The summed E-state index contributed by atoms with van der Waals surface area (Å²) in [6.45, 7) is 4.46. The van der Waals surface area contributed by atoms with Crippen LogP contribution in [0.4, 0.5) is 16.2 Å². The van der Waals surface area contributed by atoms with Crippen LogP contribution in [0.15, 0.2) is 6.20 Å². The molecule has 0 bridgehead atoms. The minimum atomic E-state index is -0.445. The fourth-order valence-electron chi connectivity index (χ4n) is 2.80. The number of hydrazine groups is 1. The van der Waals surface area contributed by atoms with Crippen LogP contribution in [0.5, 0.6) is 0 Å². The van der Waals surface area contributed by atoms with E-state index in [0.29, 0.717) is 11.8 Å². The number of halogens is 1. The molecule has 2 atom stereocenters. The minimum absolute atomic E-state index is 0.218. The van der Waals surface area contributed by atoms with Gasteiger partial charge in [0.05, 0.1) is 6.20 Å².